The van der Waals surface area contributed by atoms with Crippen LogP contribution in [0.1, 0.15) is 19.3 Å². The van der Waals surface area contributed by atoms with Gasteiger partial charge in [0.2, 0.25) is 0 Å². The highest BCUT2D eigenvalue weighted by Gasteiger charge is 2.35. The van der Waals surface area contributed by atoms with E-state index in [1.54, 1.807) is 0 Å². The Morgan fingerprint density at radius 1 is 1.64 bits per heavy atom. The molecule has 0 radical (unpaired) electrons. The summed E-state index contributed by atoms with van der Waals surface area (Å²) < 4.78 is 2.31. The van der Waals surface area contributed by atoms with Crippen LogP contribution in [0.15, 0.2) is 12.3 Å². The minimum Gasteiger partial charge on any atom is -0.367 e. The van der Waals surface area contributed by atoms with Crippen molar-refractivity contribution in [1.29, 1.82) is 0 Å². The second-order valence-electron chi connectivity index (χ2n) is 3.97. The Bertz CT molecular complexity index is 299. The van der Waals surface area contributed by atoms with Crippen molar-refractivity contribution >= 4 is 17.6 Å². The van der Waals surface area contributed by atoms with E-state index in [4.69, 9.17) is 0 Å². The summed E-state index contributed by atoms with van der Waals surface area (Å²) in [6.45, 7) is 1.05. The fraction of sp³-hybridized carbons (Fsp3) is 0.700. The number of nitrogens with zero attached hydrogens (tertiary/aromatic N) is 2. The number of anilines is 1. The van der Waals surface area contributed by atoms with Gasteiger partial charge in [0, 0.05) is 30.6 Å². The Labute approximate surface area is 89.3 Å². The SMILES string of the molecule is CSC1(CNc2ccn(C)n2)CCC1. The number of aryl methyl sites for hydroxylation is 1. The van der Waals surface area contributed by atoms with Gasteiger partial charge in [0.1, 0.15) is 5.82 Å². The summed E-state index contributed by atoms with van der Waals surface area (Å²) in [5.41, 5.74) is 0. The summed E-state index contributed by atoms with van der Waals surface area (Å²) in [7, 11) is 1.94. The van der Waals surface area contributed by atoms with Crippen LogP contribution in [0.25, 0.3) is 0 Å². The summed E-state index contributed by atoms with van der Waals surface area (Å²) in [5, 5.41) is 7.71. The van der Waals surface area contributed by atoms with E-state index in [0.717, 1.165) is 12.4 Å². The van der Waals surface area contributed by atoms with E-state index < -0.39 is 0 Å². The van der Waals surface area contributed by atoms with E-state index >= 15 is 0 Å². The zero-order valence-corrected chi connectivity index (χ0v) is 9.60. The molecular weight excluding hydrogens is 194 g/mol. The molecule has 0 spiro atoms. The molecule has 0 saturated heterocycles. The number of hydrogen-bond donors (Lipinski definition) is 1. The first-order chi connectivity index (χ1) is 6.74. The lowest BCUT2D eigenvalue weighted by molar-refractivity contribution is 0.379. The topological polar surface area (TPSA) is 29.9 Å². The van der Waals surface area contributed by atoms with E-state index in [-0.39, 0.29) is 0 Å². The van der Waals surface area contributed by atoms with Gasteiger partial charge in [-0.15, -0.1) is 0 Å². The Hall–Kier alpha value is -0.640. The van der Waals surface area contributed by atoms with Crippen molar-refractivity contribution < 1.29 is 0 Å². The van der Waals surface area contributed by atoms with E-state index in [1.807, 2.05) is 35.8 Å². The second-order valence-corrected chi connectivity index (χ2v) is 5.24. The van der Waals surface area contributed by atoms with Crippen LogP contribution in [0.2, 0.25) is 0 Å². The average Bonchev–Trinajstić information content (AvgIpc) is 2.50. The van der Waals surface area contributed by atoms with Crippen LogP contribution < -0.4 is 5.32 Å². The van der Waals surface area contributed by atoms with Crippen molar-refractivity contribution in [3.8, 4) is 0 Å². The van der Waals surface area contributed by atoms with Gasteiger partial charge in [-0.05, 0) is 19.1 Å². The van der Waals surface area contributed by atoms with Gasteiger partial charge < -0.3 is 5.32 Å². The van der Waals surface area contributed by atoms with Gasteiger partial charge in [-0.3, -0.25) is 4.68 Å². The average molecular weight is 211 g/mol. The molecule has 0 bridgehead atoms. The molecular formula is C10H17N3S. The van der Waals surface area contributed by atoms with Crippen molar-refractivity contribution in [3.05, 3.63) is 12.3 Å². The van der Waals surface area contributed by atoms with Crippen LogP contribution in [0.3, 0.4) is 0 Å². The van der Waals surface area contributed by atoms with Crippen molar-refractivity contribution in [2.24, 2.45) is 7.05 Å². The lowest BCUT2D eigenvalue weighted by atomic mass is 9.84. The molecule has 1 saturated carbocycles. The predicted octanol–water partition coefficient (Wildman–Crippen LogP) is 2.12. The Morgan fingerprint density at radius 2 is 2.43 bits per heavy atom. The summed E-state index contributed by atoms with van der Waals surface area (Å²) in [6, 6.07) is 2.02. The highest BCUT2D eigenvalue weighted by atomic mass is 32.2. The molecule has 4 heteroatoms. The van der Waals surface area contributed by atoms with Crippen molar-refractivity contribution in [2.45, 2.75) is 24.0 Å². The Kier molecular flexibility index (Phi) is 2.72. The lowest BCUT2D eigenvalue weighted by Gasteiger charge is -2.40. The van der Waals surface area contributed by atoms with Gasteiger partial charge in [-0.25, -0.2) is 0 Å². The Balaban J connectivity index is 1.87. The fourth-order valence-corrected chi connectivity index (χ4v) is 2.70. The number of thioether (sulfide) groups is 1. The van der Waals surface area contributed by atoms with Crippen LogP contribution in [-0.2, 0) is 7.05 Å². The van der Waals surface area contributed by atoms with Gasteiger partial charge in [-0.1, -0.05) is 6.42 Å². The lowest BCUT2D eigenvalue weighted by Crippen LogP contribution is -2.40. The molecule has 1 heterocycles. The third-order valence-electron chi connectivity index (χ3n) is 3.00. The summed E-state index contributed by atoms with van der Waals surface area (Å²) >= 11 is 1.99. The number of nitrogens with one attached hydrogen (secondary N) is 1. The van der Waals surface area contributed by atoms with Crippen LogP contribution in [0.4, 0.5) is 5.82 Å². The minimum absolute atomic E-state index is 0.484. The molecule has 0 atom stereocenters. The van der Waals surface area contributed by atoms with Gasteiger partial charge in [0.05, 0.1) is 0 Å². The van der Waals surface area contributed by atoms with Crippen molar-refractivity contribution in [1.82, 2.24) is 9.78 Å². The zero-order valence-electron chi connectivity index (χ0n) is 8.79. The van der Waals surface area contributed by atoms with Crippen LogP contribution in [0, 0.1) is 0 Å². The standard InChI is InChI=1S/C10H17N3S/c1-13-7-4-9(12-13)11-8-10(14-2)5-3-6-10/h4,7H,3,5-6,8H2,1-2H3,(H,11,12). The van der Waals surface area contributed by atoms with E-state index in [2.05, 4.69) is 16.7 Å². The molecule has 78 valence electrons. The first-order valence-corrected chi connectivity index (χ1v) is 6.25. The van der Waals surface area contributed by atoms with E-state index in [9.17, 15) is 0 Å². The third-order valence-corrected chi connectivity index (χ3v) is 4.42. The van der Waals surface area contributed by atoms with E-state index in [0.29, 0.717) is 4.75 Å². The summed E-state index contributed by atoms with van der Waals surface area (Å²) in [5.74, 6) is 0.993. The molecule has 0 aromatic carbocycles. The van der Waals surface area contributed by atoms with Crippen LogP contribution in [-0.4, -0.2) is 27.3 Å². The smallest absolute Gasteiger partial charge is 0.148 e. The van der Waals surface area contributed by atoms with E-state index in [1.165, 1.54) is 19.3 Å². The molecule has 1 aliphatic carbocycles. The van der Waals surface area contributed by atoms with Crippen molar-refractivity contribution in [2.75, 3.05) is 18.1 Å². The maximum Gasteiger partial charge on any atom is 0.148 e. The molecule has 1 N–H and O–H groups in total. The zero-order chi connectivity index (χ0) is 10.0. The first-order valence-electron chi connectivity index (χ1n) is 5.03. The maximum atomic E-state index is 4.30. The molecule has 1 aromatic heterocycles. The maximum absolute atomic E-state index is 4.30. The highest BCUT2D eigenvalue weighted by molar-refractivity contribution is 8.00. The predicted molar refractivity (Wildman–Crippen MR) is 61.8 cm³/mol. The third kappa shape index (κ3) is 1.90. The monoisotopic (exact) mass is 211 g/mol. The van der Waals surface area contributed by atoms with Gasteiger partial charge >= 0.3 is 0 Å². The quantitative estimate of drug-likeness (QED) is 0.827. The molecule has 2 rings (SSSR count). The molecule has 1 aliphatic rings. The molecule has 0 amide bonds. The summed E-state index contributed by atoms with van der Waals surface area (Å²) in [4.78, 5) is 0. The summed E-state index contributed by atoms with van der Waals surface area (Å²) in [6.07, 6.45) is 8.24. The molecule has 0 aliphatic heterocycles. The fourth-order valence-electron chi connectivity index (χ4n) is 1.79. The molecule has 14 heavy (non-hydrogen) atoms. The normalized spacial score (nSPS) is 19.0. The Morgan fingerprint density at radius 3 is 2.86 bits per heavy atom. The molecule has 1 fully saturated rings. The van der Waals surface area contributed by atoms with Crippen LogP contribution in [0.5, 0.6) is 0 Å². The largest absolute Gasteiger partial charge is 0.367 e. The van der Waals surface area contributed by atoms with Crippen molar-refractivity contribution in [3.63, 3.8) is 0 Å². The second kappa shape index (κ2) is 3.85. The number of rotatable bonds is 4. The van der Waals surface area contributed by atoms with Gasteiger partial charge in [0.15, 0.2) is 0 Å². The highest BCUT2D eigenvalue weighted by Crippen LogP contribution is 2.42. The van der Waals surface area contributed by atoms with Gasteiger partial charge in [0.25, 0.3) is 0 Å². The molecule has 1 aromatic rings. The van der Waals surface area contributed by atoms with Crippen LogP contribution >= 0.6 is 11.8 Å². The number of aromatic nitrogens is 2. The molecule has 0 unspecified atom stereocenters. The number of hydrogen-bond acceptors (Lipinski definition) is 3. The van der Waals surface area contributed by atoms with Gasteiger partial charge in [-0.2, -0.15) is 16.9 Å². The first kappa shape index (κ1) is 9.90. The minimum atomic E-state index is 0.484. The molecule has 3 nitrogen and oxygen atoms in total.